The largest absolute Gasteiger partial charge is 0.491 e. The van der Waals surface area contributed by atoms with Crippen molar-refractivity contribution < 1.29 is 19.0 Å². The number of H-pyrrole nitrogens is 1. The molecule has 1 unspecified atom stereocenters. The van der Waals surface area contributed by atoms with Gasteiger partial charge in [-0.15, -0.1) is 0 Å². The summed E-state index contributed by atoms with van der Waals surface area (Å²) in [5, 5.41) is 7.77. The Bertz CT molecular complexity index is 869. The molecule has 0 spiro atoms. The smallest absolute Gasteiger partial charge is 0.225 e. The van der Waals surface area contributed by atoms with Crippen LogP contribution in [0.5, 0.6) is 5.75 Å². The number of rotatable bonds is 7. The molecular weight excluding hydrogens is 420 g/mol. The summed E-state index contributed by atoms with van der Waals surface area (Å²) < 4.78 is 17.7. The average molecular weight is 449 g/mol. The number of nitrogens with one attached hydrogen (secondary N) is 1. The van der Waals surface area contributed by atoms with Crippen molar-refractivity contribution in [2.75, 3.05) is 52.6 Å². The summed E-state index contributed by atoms with van der Waals surface area (Å²) in [4.78, 5) is 17.3. The van der Waals surface area contributed by atoms with Crippen molar-refractivity contribution in [2.24, 2.45) is 0 Å². The van der Waals surface area contributed by atoms with Gasteiger partial charge in [-0.3, -0.25) is 14.8 Å². The van der Waals surface area contributed by atoms with Gasteiger partial charge >= 0.3 is 0 Å². The molecule has 168 valence electrons. The number of halogens is 1. The molecule has 0 saturated carbocycles. The van der Waals surface area contributed by atoms with Crippen molar-refractivity contribution >= 4 is 17.5 Å². The predicted molar refractivity (Wildman–Crippen MR) is 116 cm³/mol. The summed E-state index contributed by atoms with van der Waals surface area (Å²) in [6.45, 7) is 7.36. The molecule has 8 nitrogen and oxygen atoms in total. The Labute approximate surface area is 187 Å². The highest BCUT2D eigenvalue weighted by atomic mass is 35.5. The van der Waals surface area contributed by atoms with Crippen molar-refractivity contribution in [3.8, 4) is 5.75 Å². The van der Waals surface area contributed by atoms with E-state index in [0.717, 1.165) is 24.3 Å². The van der Waals surface area contributed by atoms with Crippen molar-refractivity contribution in [1.82, 2.24) is 20.0 Å². The van der Waals surface area contributed by atoms with Gasteiger partial charge < -0.3 is 19.1 Å². The van der Waals surface area contributed by atoms with E-state index in [1.165, 1.54) is 0 Å². The van der Waals surface area contributed by atoms with Crippen LogP contribution in [0.25, 0.3) is 0 Å². The van der Waals surface area contributed by atoms with Crippen LogP contribution in [0, 0.1) is 6.92 Å². The van der Waals surface area contributed by atoms with Crippen LogP contribution in [-0.4, -0.2) is 84.1 Å². The number of hydrogen-bond acceptors (Lipinski definition) is 6. The standard InChI is InChI=1S/C22H29ClN4O4/c1-17-18(13-24-25-17)14-26-6-11-31-22(15-26,12-21(28)27-7-9-29-10-8-27)16-30-20-4-2-19(23)3-5-20/h2-5,13H,6-12,14-16H2,1H3,(H,24,25). The summed E-state index contributed by atoms with van der Waals surface area (Å²) in [6, 6.07) is 7.24. The quantitative estimate of drug-likeness (QED) is 0.700. The number of aromatic nitrogens is 2. The molecule has 9 heteroatoms. The predicted octanol–water partition coefficient (Wildman–Crippen LogP) is 2.27. The van der Waals surface area contributed by atoms with Crippen LogP contribution in [0.15, 0.2) is 30.5 Å². The minimum Gasteiger partial charge on any atom is -0.491 e. The summed E-state index contributed by atoms with van der Waals surface area (Å²) >= 11 is 5.99. The fourth-order valence-electron chi connectivity index (χ4n) is 4.03. The molecule has 1 aromatic heterocycles. The van der Waals surface area contributed by atoms with Crippen LogP contribution in [0.2, 0.25) is 5.02 Å². The van der Waals surface area contributed by atoms with E-state index in [4.69, 9.17) is 25.8 Å². The van der Waals surface area contributed by atoms with Gasteiger partial charge in [-0.1, -0.05) is 11.6 Å². The number of nitrogens with zero attached hydrogens (tertiary/aromatic N) is 3. The molecule has 1 aromatic carbocycles. The first-order valence-electron chi connectivity index (χ1n) is 10.6. The van der Waals surface area contributed by atoms with Crippen LogP contribution in [0.3, 0.4) is 0 Å². The Hall–Kier alpha value is -2.13. The van der Waals surface area contributed by atoms with Crippen LogP contribution < -0.4 is 4.74 Å². The van der Waals surface area contributed by atoms with Gasteiger partial charge in [0.2, 0.25) is 5.91 Å². The topological polar surface area (TPSA) is 79.9 Å². The molecule has 31 heavy (non-hydrogen) atoms. The molecule has 2 aliphatic heterocycles. The molecule has 0 radical (unpaired) electrons. The number of aryl methyl sites for hydroxylation is 1. The number of carbonyl (C=O) groups is 1. The van der Waals surface area contributed by atoms with Gasteiger partial charge in [0.05, 0.1) is 32.4 Å². The van der Waals surface area contributed by atoms with Gasteiger partial charge in [-0.05, 0) is 31.2 Å². The zero-order valence-electron chi connectivity index (χ0n) is 17.8. The van der Waals surface area contributed by atoms with Gasteiger partial charge in [-0.2, -0.15) is 5.10 Å². The van der Waals surface area contributed by atoms with Gasteiger partial charge in [0.1, 0.15) is 18.0 Å². The highest BCUT2D eigenvalue weighted by Gasteiger charge is 2.41. The number of benzene rings is 1. The van der Waals surface area contributed by atoms with E-state index in [1.807, 2.05) is 30.2 Å². The van der Waals surface area contributed by atoms with Gasteiger partial charge in [0.15, 0.2) is 0 Å². The number of ether oxygens (including phenoxy) is 3. The zero-order chi connectivity index (χ0) is 21.7. The number of amides is 1. The van der Waals surface area contributed by atoms with Crippen LogP contribution in [0.1, 0.15) is 17.7 Å². The van der Waals surface area contributed by atoms with Crippen LogP contribution in [-0.2, 0) is 20.8 Å². The SMILES string of the molecule is Cc1[nH]ncc1CN1CCOC(COc2ccc(Cl)cc2)(CC(=O)N2CCOCC2)C1. The molecule has 1 atom stereocenters. The van der Waals surface area contributed by atoms with Crippen LogP contribution >= 0.6 is 11.6 Å². The first-order chi connectivity index (χ1) is 15.0. The lowest BCUT2D eigenvalue weighted by Crippen LogP contribution is -2.57. The molecule has 2 fully saturated rings. The first kappa shape index (κ1) is 22.1. The minimum absolute atomic E-state index is 0.0735. The maximum absolute atomic E-state index is 13.1. The second-order valence-electron chi connectivity index (χ2n) is 8.17. The van der Waals surface area contributed by atoms with Gasteiger partial charge in [0, 0.05) is 49.0 Å². The second-order valence-corrected chi connectivity index (χ2v) is 8.61. The van der Waals surface area contributed by atoms with Crippen molar-refractivity contribution in [1.29, 1.82) is 0 Å². The highest BCUT2D eigenvalue weighted by Crippen LogP contribution is 2.27. The van der Waals surface area contributed by atoms with Gasteiger partial charge in [-0.25, -0.2) is 0 Å². The van der Waals surface area contributed by atoms with Crippen LogP contribution in [0.4, 0.5) is 0 Å². The van der Waals surface area contributed by atoms with Crippen molar-refractivity contribution in [3.63, 3.8) is 0 Å². The number of hydrogen-bond donors (Lipinski definition) is 1. The number of morpholine rings is 2. The normalized spacial score (nSPS) is 22.5. The third kappa shape index (κ3) is 5.77. The van der Waals surface area contributed by atoms with E-state index in [0.29, 0.717) is 50.2 Å². The zero-order valence-corrected chi connectivity index (χ0v) is 18.6. The maximum Gasteiger partial charge on any atom is 0.225 e. The highest BCUT2D eigenvalue weighted by molar-refractivity contribution is 6.30. The Morgan fingerprint density at radius 1 is 1.23 bits per heavy atom. The van der Waals surface area contributed by atoms with E-state index in [2.05, 4.69) is 15.1 Å². The molecule has 4 rings (SSSR count). The van der Waals surface area contributed by atoms with E-state index in [1.54, 1.807) is 12.1 Å². The Kier molecular flexibility index (Phi) is 7.12. The summed E-state index contributed by atoms with van der Waals surface area (Å²) in [7, 11) is 0. The van der Waals surface area contributed by atoms with E-state index in [-0.39, 0.29) is 18.9 Å². The Balaban J connectivity index is 1.48. The third-order valence-electron chi connectivity index (χ3n) is 5.81. The lowest BCUT2D eigenvalue weighted by molar-refractivity contribution is -0.159. The summed E-state index contributed by atoms with van der Waals surface area (Å²) in [5.74, 6) is 0.776. The molecule has 0 bridgehead atoms. The molecule has 1 amide bonds. The average Bonchev–Trinajstić information content (AvgIpc) is 3.18. The summed E-state index contributed by atoms with van der Waals surface area (Å²) in [6.07, 6.45) is 2.12. The fourth-order valence-corrected chi connectivity index (χ4v) is 4.15. The maximum atomic E-state index is 13.1. The number of aromatic amines is 1. The molecule has 0 aliphatic carbocycles. The molecular formula is C22H29ClN4O4. The minimum atomic E-state index is -0.731. The second kappa shape index (κ2) is 9.99. The van der Waals surface area contributed by atoms with E-state index in [9.17, 15) is 4.79 Å². The first-order valence-corrected chi connectivity index (χ1v) is 11.0. The molecule has 2 aliphatic rings. The third-order valence-corrected chi connectivity index (χ3v) is 6.06. The Morgan fingerprint density at radius 3 is 2.71 bits per heavy atom. The van der Waals surface area contributed by atoms with Crippen molar-refractivity contribution in [2.45, 2.75) is 25.5 Å². The number of carbonyl (C=O) groups excluding carboxylic acids is 1. The van der Waals surface area contributed by atoms with E-state index >= 15 is 0 Å². The van der Waals surface area contributed by atoms with Crippen molar-refractivity contribution in [3.05, 3.63) is 46.7 Å². The molecule has 3 heterocycles. The molecule has 2 saturated heterocycles. The van der Waals surface area contributed by atoms with E-state index < -0.39 is 5.60 Å². The summed E-state index contributed by atoms with van der Waals surface area (Å²) in [5.41, 5.74) is 1.47. The van der Waals surface area contributed by atoms with Gasteiger partial charge in [0.25, 0.3) is 0 Å². The lowest BCUT2D eigenvalue weighted by atomic mass is 9.96. The Morgan fingerprint density at radius 2 is 2.00 bits per heavy atom. The fraction of sp³-hybridized carbons (Fsp3) is 0.545. The molecule has 2 aromatic rings. The molecule has 1 N–H and O–H groups in total. The lowest BCUT2D eigenvalue weighted by Gasteiger charge is -2.43. The monoisotopic (exact) mass is 448 g/mol.